The molecule has 0 fully saturated rings. The van der Waals surface area contributed by atoms with Crippen LogP contribution in [0.25, 0.3) is 16.0 Å². The first-order valence-corrected chi connectivity index (χ1v) is 12.4. The fourth-order valence-electron chi connectivity index (χ4n) is 4.42. The topological polar surface area (TPSA) is 45.7 Å². The lowest BCUT2D eigenvalue weighted by molar-refractivity contribution is -0.141. The summed E-state index contributed by atoms with van der Waals surface area (Å²) >= 11 is 1.23. The van der Waals surface area contributed by atoms with Crippen LogP contribution in [-0.2, 0) is 24.1 Å². The Morgan fingerprint density at radius 2 is 2.03 bits per heavy atom. The molecule has 0 aliphatic carbocycles. The Kier molecular flexibility index (Phi) is 7.52. The van der Waals surface area contributed by atoms with Crippen LogP contribution in [0.15, 0.2) is 42.6 Å². The molecule has 37 heavy (non-hydrogen) atoms. The Morgan fingerprint density at radius 3 is 2.68 bits per heavy atom. The maximum Gasteiger partial charge on any atom is 0.435 e. The van der Waals surface area contributed by atoms with Crippen LogP contribution in [0.4, 0.5) is 22.6 Å². The van der Waals surface area contributed by atoms with E-state index in [9.17, 15) is 22.4 Å². The summed E-state index contributed by atoms with van der Waals surface area (Å²) in [5.74, 6) is -1.49. The van der Waals surface area contributed by atoms with E-state index in [-0.39, 0.29) is 36.7 Å². The number of aryl methyl sites for hydroxylation is 1. The number of likely N-dealkylation sites (N-methyl/N-ethyl adjacent to an activating group) is 1. The zero-order valence-electron chi connectivity index (χ0n) is 20.5. The summed E-state index contributed by atoms with van der Waals surface area (Å²) in [6, 6.07) is 5.36. The van der Waals surface area contributed by atoms with Gasteiger partial charge < -0.3 is 9.80 Å². The monoisotopic (exact) mass is 531 g/mol. The molecule has 0 saturated carbocycles. The van der Waals surface area contributed by atoms with Crippen LogP contribution in [0.3, 0.4) is 0 Å². The van der Waals surface area contributed by atoms with Gasteiger partial charge in [0.1, 0.15) is 5.82 Å². The summed E-state index contributed by atoms with van der Waals surface area (Å²) in [5, 5.41) is 4.12. The summed E-state index contributed by atoms with van der Waals surface area (Å²) in [4.78, 5) is 20.8. The van der Waals surface area contributed by atoms with Crippen molar-refractivity contribution in [1.29, 1.82) is 0 Å². The van der Waals surface area contributed by atoms with E-state index in [4.69, 9.17) is 6.57 Å². The van der Waals surface area contributed by atoms with Crippen LogP contribution in [0.1, 0.15) is 34.5 Å². The predicted molar refractivity (Wildman–Crippen MR) is 134 cm³/mol. The number of benzene rings is 1. The lowest BCUT2D eigenvalue weighted by Crippen LogP contribution is -2.37. The molecule has 194 valence electrons. The van der Waals surface area contributed by atoms with Crippen LogP contribution in [0, 0.1) is 12.4 Å². The van der Waals surface area contributed by atoms with Gasteiger partial charge in [-0.15, -0.1) is 0 Å². The lowest BCUT2D eigenvalue weighted by Gasteiger charge is -2.34. The van der Waals surface area contributed by atoms with Crippen LogP contribution in [-0.4, -0.2) is 52.7 Å². The molecule has 3 heterocycles. The largest absolute Gasteiger partial charge is 0.435 e. The highest BCUT2D eigenvalue weighted by atomic mass is 32.1. The molecule has 11 heteroatoms. The summed E-state index contributed by atoms with van der Waals surface area (Å²) in [6.07, 6.45) is -0.203. The zero-order chi connectivity index (χ0) is 26.9. The van der Waals surface area contributed by atoms with Crippen molar-refractivity contribution in [2.45, 2.75) is 32.1 Å². The highest BCUT2D eigenvalue weighted by Gasteiger charge is 2.39. The van der Waals surface area contributed by atoms with Crippen LogP contribution < -0.4 is 0 Å². The van der Waals surface area contributed by atoms with Crippen molar-refractivity contribution in [3.63, 3.8) is 0 Å². The molecule has 1 aliphatic rings. The standard InChI is InChI=1S/C26H25F4N5OS/c1-5-35-14-21(25(32-35)26(28,29)30)17-9-8-16(27)11-18(17)20-13-34(24(36)7-6-10-33(3)4)15-22-19(20)12-23(31-2)37-22/h6-9,11-12,14,20H,5,10,13,15H2,1,3-4H3/b7-6+. The number of fused-ring (bicyclic) bond motifs is 1. The number of amides is 1. The number of carbonyl (C=O) groups excluding carboxylic acids is 1. The van der Waals surface area contributed by atoms with Crippen molar-refractivity contribution in [3.8, 4) is 11.1 Å². The molecule has 0 radical (unpaired) electrons. The van der Waals surface area contributed by atoms with E-state index in [1.807, 2.05) is 19.0 Å². The molecule has 0 bridgehead atoms. The first-order chi connectivity index (χ1) is 17.5. The van der Waals surface area contributed by atoms with E-state index < -0.39 is 23.6 Å². The second-order valence-corrected chi connectivity index (χ2v) is 10.1. The van der Waals surface area contributed by atoms with Crippen molar-refractivity contribution < 1.29 is 22.4 Å². The second-order valence-electron chi connectivity index (χ2n) is 8.99. The summed E-state index contributed by atoms with van der Waals surface area (Å²) in [5.41, 5.74) is 0.0234. The van der Waals surface area contributed by atoms with E-state index in [1.54, 1.807) is 24.0 Å². The minimum absolute atomic E-state index is 0.131. The van der Waals surface area contributed by atoms with Gasteiger partial charge in [0.2, 0.25) is 10.9 Å². The highest BCUT2D eigenvalue weighted by Crippen LogP contribution is 2.46. The van der Waals surface area contributed by atoms with E-state index in [0.717, 1.165) is 16.5 Å². The molecule has 2 aromatic heterocycles. The molecule has 0 N–H and O–H groups in total. The first-order valence-electron chi connectivity index (χ1n) is 11.6. The quantitative estimate of drug-likeness (QED) is 0.225. The van der Waals surface area contributed by atoms with Gasteiger partial charge in [-0.2, -0.15) is 29.6 Å². The minimum Gasteiger partial charge on any atom is -0.333 e. The van der Waals surface area contributed by atoms with E-state index in [0.29, 0.717) is 17.1 Å². The number of nitrogens with zero attached hydrogens (tertiary/aromatic N) is 5. The van der Waals surface area contributed by atoms with Gasteiger partial charge in [0.25, 0.3) is 0 Å². The van der Waals surface area contributed by atoms with Gasteiger partial charge in [0, 0.05) is 48.3 Å². The summed E-state index contributed by atoms with van der Waals surface area (Å²) in [6.45, 7) is 10.3. The number of hydrogen-bond donors (Lipinski definition) is 0. The number of rotatable bonds is 6. The van der Waals surface area contributed by atoms with Crippen LogP contribution in [0.2, 0.25) is 0 Å². The third-order valence-electron chi connectivity index (χ3n) is 6.13. The molecular weight excluding hydrogens is 506 g/mol. The van der Waals surface area contributed by atoms with Gasteiger partial charge in [0.15, 0.2) is 5.69 Å². The van der Waals surface area contributed by atoms with Crippen molar-refractivity contribution >= 4 is 22.2 Å². The van der Waals surface area contributed by atoms with Crippen molar-refractivity contribution in [1.82, 2.24) is 19.6 Å². The first kappa shape index (κ1) is 26.6. The zero-order valence-corrected chi connectivity index (χ0v) is 21.3. The number of carbonyl (C=O) groups is 1. The molecular formula is C26H25F4N5OS. The van der Waals surface area contributed by atoms with E-state index >= 15 is 0 Å². The molecule has 1 unspecified atom stereocenters. The van der Waals surface area contributed by atoms with Gasteiger partial charge in [-0.25, -0.2) is 9.24 Å². The van der Waals surface area contributed by atoms with E-state index in [2.05, 4.69) is 9.94 Å². The van der Waals surface area contributed by atoms with Crippen LogP contribution >= 0.6 is 11.3 Å². The average Bonchev–Trinajstić information content (AvgIpc) is 3.47. The molecule has 3 aromatic rings. The highest BCUT2D eigenvalue weighted by molar-refractivity contribution is 7.16. The van der Waals surface area contributed by atoms with Crippen molar-refractivity contribution in [2.24, 2.45) is 0 Å². The van der Waals surface area contributed by atoms with Gasteiger partial charge in [-0.05, 0) is 55.9 Å². The Morgan fingerprint density at radius 1 is 1.27 bits per heavy atom. The number of thiophene rings is 1. The molecule has 4 rings (SSSR count). The number of aromatic nitrogens is 2. The third-order valence-corrected chi connectivity index (χ3v) is 7.16. The molecule has 0 saturated heterocycles. The Hall–Kier alpha value is -3.49. The predicted octanol–water partition coefficient (Wildman–Crippen LogP) is 5.93. The summed E-state index contributed by atoms with van der Waals surface area (Å²) in [7, 11) is 3.74. The van der Waals surface area contributed by atoms with Crippen molar-refractivity contribution in [3.05, 3.63) is 81.5 Å². The number of hydrogen-bond acceptors (Lipinski definition) is 4. The van der Waals surface area contributed by atoms with E-state index in [1.165, 1.54) is 40.4 Å². The number of alkyl halides is 3. The fourth-order valence-corrected chi connectivity index (χ4v) is 5.44. The van der Waals surface area contributed by atoms with Gasteiger partial charge >= 0.3 is 6.18 Å². The molecule has 1 aromatic carbocycles. The second kappa shape index (κ2) is 10.5. The third kappa shape index (κ3) is 5.60. The van der Waals surface area contributed by atoms with Gasteiger partial charge in [-0.3, -0.25) is 9.48 Å². The lowest BCUT2D eigenvalue weighted by atomic mass is 9.83. The molecule has 1 atom stereocenters. The normalized spacial score (nSPS) is 15.9. The maximum atomic E-state index is 14.6. The Balaban J connectivity index is 1.85. The minimum atomic E-state index is -4.71. The molecule has 1 amide bonds. The molecule has 0 spiro atoms. The van der Waals surface area contributed by atoms with Crippen molar-refractivity contribution in [2.75, 3.05) is 27.2 Å². The Labute approximate surface area is 216 Å². The van der Waals surface area contributed by atoms with Gasteiger partial charge in [-0.1, -0.05) is 12.1 Å². The maximum absolute atomic E-state index is 14.6. The van der Waals surface area contributed by atoms with Crippen LogP contribution in [0.5, 0.6) is 0 Å². The Bertz CT molecular complexity index is 1380. The average molecular weight is 532 g/mol. The smallest absolute Gasteiger partial charge is 0.333 e. The molecule has 1 aliphatic heterocycles. The van der Waals surface area contributed by atoms with Gasteiger partial charge in [0.05, 0.1) is 13.1 Å². The molecule has 6 nitrogen and oxygen atoms in total. The fraction of sp³-hybridized carbons (Fsp3) is 0.346. The number of halogens is 4. The summed E-state index contributed by atoms with van der Waals surface area (Å²) < 4.78 is 57.6. The SMILES string of the molecule is [C-]#[N+]c1cc2c(s1)CN(C(=O)/C=C/CN(C)C)CC2c1cc(F)ccc1-c1cn(CC)nc1C(F)(F)F.